The number of methoxy groups -OCH3 is 8. The largest absolute Gasteiger partial charge is 0.507 e. The summed E-state index contributed by atoms with van der Waals surface area (Å²) in [5, 5.41) is 45.4. The summed E-state index contributed by atoms with van der Waals surface area (Å²) in [6.45, 7) is 0.800. The molecule has 0 aliphatic heterocycles. The van der Waals surface area contributed by atoms with Crippen molar-refractivity contribution in [3.63, 3.8) is 0 Å². The Morgan fingerprint density at radius 1 is 0.296 bits per heavy atom. The Bertz CT molecular complexity index is 1540. The number of hydrogen-bond acceptors (Lipinski definition) is 12. The van der Waals surface area contributed by atoms with Gasteiger partial charge in [-0.3, -0.25) is 0 Å². The van der Waals surface area contributed by atoms with Gasteiger partial charge in [0.15, 0.2) is 0 Å². The molecule has 292 valence electrons. The van der Waals surface area contributed by atoms with Crippen LogP contribution in [0.15, 0.2) is 48.5 Å². The second-order valence-electron chi connectivity index (χ2n) is 12.8. The van der Waals surface area contributed by atoms with E-state index < -0.39 is 0 Å². The topological polar surface area (TPSA) is 155 Å². The maximum Gasteiger partial charge on any atom is 0.126 e. The van der Waals surface area contributed by atoms with E-state index in [1.54, 1.807) is 56.9 Å². The van der Waals surface area contributed by atoms with Crippen LogP contribution in [0.2, 0.25) is 0 Å². The second kappa shape index (κ2) is 20.3. The predicted molar refractivity (Wildman–Crippen MR) is 203 cm³/mol. The lowest BCUT2D eigenvalue weighted by molar-refractivity contribution is 0.174. The van der Waals surface area contributed by atoms with E-state index in [0.717, 1.165) is 0 Å². The molecular weight excluding hydrogens is 696 g/mol. The van der Waals surface area contributed by atoms with Crippen LogP contribution in [-0.2, 0) is 90.7 Å². The van der Waals surface area contributed by atoms with Crippen molar-refractivity contribution in [1.29, 1.82) is 0 Å². The van der Waals surface area contributed by atoms with E-state index >= 15 is 0 Å². The monoisotopic (exact) mass is 748 g/mol. The van der Waals surface area contributed by atoms with E-state index in [1.807, 2.05) is 48.5 Å². The molecule has 0 aromatic heterocycles. The molecule has 4 aromatic rings. The van der Waals surface area contributed by atoms with Gasteiger partial charge in [-0.1, -0.05) is 0 Å². The summed E-state index contributed by atoms with van der Waals surface area (Å²) >= 11 is 0. The Hall–Kier alpha value is -4.50. The van der Waals surface area contributed by atoms with Crippen molar-refractivity contribution in [3.8, 4) is 23.0 Å². The third kappa shape index (κ3) is 9.59. The molecule has 54 heavy (non-hydrogen) atoms. The van der Waals surface area contributed by atoms with E-state index in [1.165, 1.54) is 0 Å². The van der Waals surface area contributed by atoms with Crippen LogP contribution in [0, 0.1) is 0 Å². The maximum atomic E-state index is 11.4. The van der Waals surface area contributed by atoms with Crippen LogP contribution in [0.4, 0.5) is 0 Å². The minimum atomic E-state index is 0.0398. The third-order valence-corrected chi connectivity index (χ3v) is 8.87. The van der Waals surface area contributed by atoms with Crippen molar-refractivity contribution >= 4 is 11.1 Å². The summed E-state index contributed by atoms with van der Waals surface area (Å²) < 4.78 is 44.3. The van der Waals surface area contributed by atoms with Crippen LogP contribution in [0.3, 0.4) is 0 Å². The average molecular weight is 749 g/mol. The first kappa shape index (κ1) is 42.2. The van der Waals surface area contributed by atoms with E-state index in [2.05, 4.69) is 0 Å². The molecule has 12 nitrogen and oxygen atoms in total. The van der Waals surface area contributed by atoms with E-state index in [4.69, 9.17) is 37.9 Å². The van der Waals surface area contributed by atoms with Gasteiger partial charge in [0.1, 0.15) is 23.0 Å². The fourth-order valence-electron chi connectivity index (χ4n) is 6.65. The normalized spacial score (nSPS) is 11.3. The van der Waals surface area contributed by atoms with Gasteiger partial charge in [0, 0.05) is 101 Å². The Morgan fingerprint density at radius 3 is 0.537 bits per heavy atom. The first-order chi connectivity index (χ1) is 26.1. The highest BCUT2D eigenvalue weighted by molar-refractivity contribution is 6.05. The average Bonchev–Trinajstić information content (AvgIpc) is 3.14. The Labute approximate surface area is 317 Å². The number of hydrogen-bond donors (Lipinski definition) is 4. The Kier molecular flexibility index (Phi) is 15.8. The number of aromatic hydroxyl groups is 4. The molecule has 0 amide bonds. The van der Waals surface area contributed by atoms with Crippen molar-refractivity contribution < 1.29 is 58.3 Å². The first-order valence-electron chi connectivity index (χ1n) is 17.2. The molecule has 0 bridgehead atoms. The number of ether oxygens (including phenoxy) is 8. The lowest BCUT2D eigenvalue weighted by Crippen LogP contribution is -2.06. The minimum absolute atomic E-state index is 0.0398. The Balaban J connectivity index is 2.40. The highest BCUT2D eigenvalue weighted by atomic mass is 16.5. The van der Waals surface area contributed by atoms with Crippen molar-refractivity contribution in [2.24, 2.45) is 0 Å². The van der Waals surface area contributed by atoms with Gasteiger partial charge in [0.2, 0.25) is 0 Å². The summed E-state index contributed by atoms with van der Waals surface area (Å²) in [4.78, 5) is 0. The van der Waals surface area contributed by atoms with Gasteiger partial charge in [0.25, 0.3) is 0 Å². The fraction of sp³-hybridized carbons (Fsp3) is 0.381. The van der Waals surface area contributed by atoms with Crippen molar-refractivity contribution in [1.82, 2.24) is 0 Å². The van der Waals surface area contributed by atoms with Gasteiger partial charge in [0.05, 0.1) is 52.9 Å². The lowest BCUT2D eigenvalue weighted by Gasteiger charge is -2.24. The second-order valence-corrected chi connectivity index (χ2v) is 12.8. The fourth-order valence-corrected chi connectivity index (χ4v) is 6.65. The molecule has 0 saturated heterocycles. The van der Waals surface area contributed by atoms with E-state index in [9.17, 15) is 20.4 Å². The molecule has 4 rings (SSSR count). The molecule has 0 aliphatic rings. The predicted octanol–water partition coefficient (Wildman–Crippen LogP) is 6.69. The zero-order valence-corrected chi connectivity index (χ0v) is 32.3. The molecule has 4 N–H and O–H groups in total. The smallest absolute Gasteiger partial charge is 0.126 e. The molecular formula is C42H52O12. The molecule has 0 fully saturated rings. The molecule has 0 heterocycles. The van der Waals surface area contributed by atoms with Gasteiger partial charge in [-0.15, -0.1) is 0 Å². The maximum absolute atomic E-state index is 11.4. The summed E-state index contributed by atoms with van der Waals surface area (Å²) in [6.07, 6.45) is 0. The molecule has 4 aromatic carbocycles. The molecule has 0 unspecified atom stereocenters. The Morgan fingerprint density at radius 2 is 0.426 bits per heavy atom. The standard InChI is InChI=1S/C42H52O12/c1-47-17-29-9-25(10-30(18-48-2)39(29)43)37(26-11-31(19-49-3)40(44)32(12-26)20-50-4)38(27-13-33(21-51-5)41(45)34(14-27)22-52-6)28-15-35(23-53-7)42(46)36(16-28)24-54-8/h9-16,43-46H,17-24H2,1-8H3. The van der Waals surface area contributed by atoms with Gasteiger partial charge >= 0.3 is 0 Å². The number of phenols is 4. The van der Waals surface area contributed by atoms with E-state index in [0.29, 0.717) is 77.9 Å². The summed E-state index contributed by atoms with van der Waals surface area (Å²) in [5.74, 6) is 0.159. The quantitative estimate of drug-likeness (QED) is 0.0713. The van der Waals surface area contributed by atoms with Crippen LogP contribution in [-0.4, -0.2) is 77.3 Å². The van der Waals surface area contributed by atoms with Crippen LogP contribution >= 0.6 is 0 Å². The van der Waals surface area contributed by atoms with Crippen LogP contribution in [0.1, 0.15) is 66.8 Å². The molecule has 0 spiro atoms. The SMILES string of the molecule is COCc1cc(C(=C(c2cc(COC)c(O)c(COC)c2)c2cc(COC)c(O)c(COC)c2)c2cc(COC)c(O)c(COC)c2)cc(COC)c1O. The number of phenolic OH excluding ortho intramolecular Hbond substituents is 4. The summed E-state index contributed by atoms with van der Waals surface area (Å²) in [7, 11) is 12.4. The van der Waals surface area contributed by atoms with Gasteiger partial charge in [-0.05, 0) is 81.9 Å². The third-order valence-electron chi connectivity index (χ3n) is 8.87. The van der Waals surface area contributed by atoms with Gasteiger partial charge in [-0.2, -0.15) is 0 Å². The van der Waals surface area contributed by atoms with Crippen LogP contribution in [0.25, 0.3) is 11.1 Å². The number of rotatable bonds is 20. The summed E-state index contributed by atoms with van der Waals surface area (Å²) in [6, 6.07) is 14.8. The highest BCUT2D eigenvalue weighted by Gasteiger charge is 2.25. The highest BCUT2D eigenvalue weighted by Crippen LogP contribution is 2.44. The zero-order valence-electron chi connectivity index (χ0n) is 32.3. The van der Waals surface area contributed by atoms with Gasteiger partial charge in [-0.25, -0.2) is 0 Å². The minimum Gasteiger partial charge on any atom is -0.507 e. The number of benzene rings is 4. The lowest BCUT2D eigenvalue weighted by atomic mass is 9.82. The van der Waals surface area contributed by atoms with Crippen molar-refractivity contribution in [2.45, 2.75) is 52.9 Å². The molecule has 0 aliphatic carbocycles. The van der Waals surface area contributed by atoms with Crippen LogP contribution in [0.5, 0.6) is 23.0 Å². The first-order valence-corrected chi connectivity index (χ1v) is 17.2. The zero-order chi connectivity index (χ0) is 39.4. The van der Waals surface area contributed by atoms with Crippen molar-refractivity contribution in [2.75, 3.05) is 56.9 Å². The molecule has 0 saturated carbocycles. The van der Waals surface area contributed by atoms with Crippen molar-refractivity contribution in [3.05, 3.63) is 115 Å². The summed E-state index contributed by atoms with van der Waals surface area (Å²) in [5.41, 5.74) is 8.14. The van der Waals surface area contributed by atoms with E-state index in [-0.39, 0.29) is 75.9 Å². The van der Waals surface area contributed by atoms with Crippen LogP contribution < -0.4 is 0 Å². The molecule has 0 radical (unpaired) electrons. The molecule has 0 atom stereocenters. The van der Waals surface area contributed by atoms with Gasteiger partial charge < -0.3 is 58.3 Å². The molecule has 12 heteroatoms.